The third-order valence-electron chi connectivity index (χ3n) is 3.74. The van der Waals surface area contributed by atoms with Gasteiger partial charge in [0, 0.05) is 5.39 Å². The summed E-state index contributed by atoms with van der Waals surface area (Å²) < 4.78 is 7.51. The Bertz CT molecular complexity index is 949. The zero-order chi connectivity index (χ0) is 17.8. The fourth-order valence-electron chi connectivity index (χ4n) is 2.66. The Balaban J connectivity index is 1.86. The first-order valence-corrected chi connectivity index (χ1v) is 8.18. The minimum atomic E-state index is -0.0842. The molecular weight excluding hydrogens is 336 g/mol. The van der Waals surface area contributed by atoms with E-state index < -0.39 is 0 Å². The highest BCUT2D eigenvalue weighted by molar-refractivity contribution is 7.80. The standard InChI is InChI=1S/C18H18N4O2S/c1-12-5-4-6-13(11-12)24-10-9-22-15-8-3-2-7-14(15)16(17(22)23)20-21-18(19)25/h2-8,11,23H,9-10H2,1H3,(H2,19,25). The van der Waals surface area contributed by atoms with Crippen molar-refractivity contribution in [3.05, 3.63) is 54.1 Å². The van der Waals surface area contributed by atoms with Crippen molar-refractivity contribution in [1.29, 1.82) is 0 Å². The van der Waals surface area contributed by atoms with Gasteiger partial charge in [-0.05, 0) is 42.9 Å². The minimum absolute atomic E-state index is 0.00837. The van der Waals surface area contributed by atoms with E-state index in [4.69, 9.17) is 22.7 Å². The molecular formula is C18H18N4O2S. The van der Waals surface area contributed by atoms with Crippen LogP contribution in [0.5, 0.6) is 11.6 Å². The number of rotatable bonds is 5. The van der Waals surface area contributed by atoms with E-state index in [2.05, 4.69) is 10.2 Å². The van der Waals surface area contributed by atoms with Crippen molar-refractivity contribution in [3.8, 4) is 11.6 Å². The minimum Gasteiger partial charge on any atom is -0.493 e. The number of nitrogens with zero attached hydrogens (tertiary/aromatic N) is 3. The van der Waals surface area contributed by atoms with Gasteiger partial charge >= 0.3 is 0 Å². The van der Waals surface area contributed by atoms with Crippen LogP contribution >= 0.6 is 12.2 Å². The van der Waals surface area contributed by atoms with Crippen LogP contribution in [-0.4, -0.2) is 21.4 Å². The van der Waals surface area contributed by atoms with E-state index in [9.17, 15) is 5.11 Å². The number of fused-ring (bicyclic) bond motifs is 1. The van der Waals surface area contributed by atoms with Gasteiger partial charge in [0.25, 0.3) is 0 Å². The molecule has 1 heterocycles. The Morgan fingerprint density at radius 1 is 1.24 bits per heavy atom. The summed E-state index contributed by atoms with van der Waals surface area (Å²) >= 11 is 4.71. The summed E-state index contributed by atoms with van der Waals surface area (Å²) in [7, 11) is 0. The molecule has 0 radical (unpaired) electrons. The monoisotopic (exact) mass is 354 g/mol. The van der Waals surface area contributed by atoms with Crippen molar-refractivity contribution in [2.45, 2.75) is 13.5 Å². The number of nitrogens with two attached hydrogens (primary N) is 1. The zero-order valence-electron chi connectivity index (χ0n) is 13.7. The number of benzene rings is 2. The number of aromatic nitrogens is 1. The van der Waals surface area contributed by atoms with Gasteiger partial charge in [0.05, 0.1) is 12.1 Å². The molecule has 2 aromatic carbocycles. The van der Waals surface area contributed by atoms with Gasteiger partial charge in [0.15, 0.2) is 5.69 Å². The van der Waals surface area contributed by atoms with E-state index >= 15 is 0 Å². The SMILES string of the molecule is Cc1cccc(OCCn2c(O)c(N=NC(N)=S)c3ccccc32)c1. The number of ether oxygens (including phenoxy) is 1. The number of aromatic hydroxyl groups is 1. The summed E-state index contributed by atoms with van der Waals surface area (Å²) in [6, 6.07) is 15.4. The molecule has 0 saturated carbocycles. The van der Waals surface area contributed by atoms with Crippen LogP contribution in [-0.2, 0) is 6.54 Å². The van der Waals surface area contributed by atoms with Crippen LogP contribution in [0.25, 0.3) is 10.9 Å². The maximum absolute atomic E-state index is 10.5. The lowest BCUT2D eigenvalue weighted by Crippen LogP contribution is -2.07. The van der Waals surface area contributed by atoms with Crippen LogP contribution in [0, 0.1) is 6.92 Å². The molecule has 0 amide bonds. The quantitative estimate of drug-likeness (QED) is 0.534. The van der Waals surface area contributed by atoms with Gasteiger partial charge < -0.3 is 20.1 Å². The van der Waals surface area contributed by atoms with Crippen LogP contribution in [0.1, 0.15) is 5.56 Å². The topological polar surface area (TPSA) is 85.1 Å². The summed E-state index contributed by atoms with van der Waals surface area (Å²) in [5.74, 6) is 0.804. The Labute approximate surface area is 150 Å². The number of hydrogen-bond donors (Lipinski definition) is 2. The first-order valence-electron chi connectivity index (χ1n) is 7.77. The van der Waals surface area contributed by atoms with Crippen molar-refractivity contribution in [1.82, 2.24) is 4.57 Å². The second kappa shape index (κ2) is 7.31. The molecule has 0 aliphatic heterocycles. The molecule has 0 aliphatic rings. The summed E-state index contributed by atoms with van der Waals surface area (Å²) in [6.45, 7) is 2.88. The lowest BCUT2D eigenvalue weighted by molar-refractivity contribution is 0.290. The average molecular weight is 354 g/mol. The van der Waals surface area contributed by atoms with Gasteiger partial charge in [-0.1, -0.05) is 30.3 Å². The molecule has 128 valence electrons. The van der Waals surface area contributed by atoms with E-state index in [1.165, 1.54) is 0 Å². The van der Waals surface area contributed by atoms with Crippen LogP contribution in [0.3, 0.4) is 0 Å². The van der Waals surface area contributed by atoms with Gasteiger partial charge in [0.1, 0.15) is 12.4 Å². The molecule has 0 unspecified atom stereocenters. The van der Waals surface area contributed by atoms with Gasteiger partial charge in [-0.3, -0.25) is 0 Å². The van der Waals surface area contributed by atoms with Gasteiger partial charge in [-0.2, -0.15) is 0 Å². The highest BCUT2D eigenvalue weighted by Gasteiger charge is 2.16. The number of thiocarbonyl (C=S) groups is 1. The lowest BCUT2D eigenvalue weighted by atomic mass is 10.2. The molecule has 0 saturated heterocycles. The van der Waals surface area contributed by atoms with Crippen molar-refractivity contribution in [3.63, 3.8) is 0 Å². The smallest absolute Gasteiger partial charge is 0.220 e. The average Bonchev–Trinajstić information content (AvgIpc) is 2.85. The third kappa shape index (κ3) is 3.77. The maximum Gasteiger partial charge on any atom is 0.220 e. The number of azo groups is 1. The highest BCUT2D eigenvalue weighted by atomic mass is 32.1. The van der Waals surface area contributed by atoms with Crippen molar-refractivity contribution >= 4 is 33.9 Å². The largest absolute Gasteiger partial charge is 0.493 e. The second-order valence-corrected chi connectivity index (χ2v) is 5.96. The lowest BCUT2D eigenvalue weighted by Gasteiger charge is -2.09. The van der Waals surface area contributed by atoms with E-state index in [0.29, 0.717) is 18.8 Å². The number of para-hydroxylation sites is 1. The normalized spacial score (nSPS) is 11.2. The van der Waals surface area contributed by atoms with Crippen LogP contribution < -0.4 is 10.5 Å². The maximum atomic E-state index is 10.5. The Morgan fingerprint density at radius 2 is 2.04 bits per heavy atom. The molecule has 0 fully saturated rings. The van der Waals surface area contributed by atoms with Crippen molar-refractivity contribution < 1.29 is 9.84 Å². The molecule has 0 bridgehead atoms. The highest BCUT2D eigenvalue weighted by Crippen LogP contribution is 2.38. The van der Waals surface area contributed by atoms with E-state index in [1.54, 1.807) is 4.57 Å². The van der Waals surface area contributed by atoms with Crippen molar-refractivity contribution in [2.75, 3.05) is 6.61 Å². The van der Waals surface area contributed by atoms with Crippen LogP contribution in [0.15, 0.2) is 58.8 Å². The van der Waals surface area contributed by atoms with Gasteiger partial charge in [-0.25, -0.2) is 0 Å². The Kier molecular flexibility index (Phi) is 4.95. The molecule has 3 N–H and O–H groups in total. The molecule has 6 nitrogen and oxygen atoms in total. The van der Waals surface area contributed by atoms with Crippen LogP contribution in [0.4, 0.5) is 5.69 Å². The Hall–Kier alpha value is -2.93. The van der Waals surface area contributed by atoms with Gasteiger partial charge in [0.2, 0.25) is 11.0 Å². The predicted octanol–water partition coefficient (Wildman–Crippen LogP) is 4.06. The summed E-state index contributed by atoms with van der Waals surface area (Å²) in [5, 5.41) is 18.9. The molecule has 7 heteroatoms. The van der Waals surface area contributed by atoms with Crippen molar-refractivity contribution in [2.24, 2.45) is 16.0 Å². The first kappa shape index (κ1) is 16.9. The molecule has 0 aliphatic carbocycles. The van der Waals surface area contributed by atoms with E-state index in [-0.39, 0.29) is 11.0 Å². The summed E-state index contributed by atoms with van der Waals surface area (Å²) in [6.07, 6.45) is 0. The summed E-state index contributed by atoms with van der Waals surface area (Å²) in [4.78, 5) is 0. The predicted molar refractivity (Wildman–Crippen MR) is 102 cm³/mol. The fourth-order valence-corrected chi connectivity index (χ4v) is 2.70. The molecule has 3 rings (SSSR count). The van der Waals surface area contributed by atoms with E-state index in [1.807, 2.05) is 55.5 Å². The van der Waals surface area contributed by atoms with Crippen LogP contribution in [0.2, 0.25) is 0 Å². The zero-order valence-corrected chi connectivity index (χ0v) is 14.5. The number of hydrogen-bond acceptors (Lipinski definition) is 4. The van der Waals surface area contributed by atoms with Gasteiger partial charge in [-0.15, -0.1) is 10.2 Å². The molecule has 25 heavy (non-hydrogen) atoms. The molecule has 1 aromatic heterocycles. The molecule has 3 aromatic rings. The molecule has 0 atom stereocenters. The van der Waals surface area contributed by atoms with E-state index in [0.717, 1.165) is 22.2 Å². The molecule has 0 spiro atoms. The first-order chi connectivity index (χ1) is 12.1. The second-order valence-electron chi connectivity index (χ2n) is 5.54. The third-order valence-corrected chi connectivity index (χ3v) is 3.82. The number of aryl methyl sites for hydroxylation is 1. The fraction of sp³-hybridized carbons (Fsp3) is 0.167. The summed E-state index contributed by atoms with van der Waals surface area (Å²) in [5.41, 5.74) is 7.68. The Morgan fingerprint density at radius 3 is 2.80 bits per heavy atom.